The molecule has 0 aliphatic heterocycles. The number of benzene rings is 2. The molecule has 0 N–H and O–H groups in total. The van der Waals surface area contributed by atoms with Crippen LogP contribution in [0.4, 0.5) is 0 Å². The van der Waals surface area contributed by atoms with Crippen LogP contribution in [0.3, 0.4) is 0 Å². The second-order valence-corrected chi connectivity index (χ2v) is 4.44. The van der Waals surface area contributed by atoms with Crippen LogP contribution in [0.25, 0.3) is 0 Å². The van der Waals surface area contributed by atoms with Crippen molar-refractivity contribution in [2.45, 2.75) is 20.3 Å². The third-order valence-corrected chi connectivity index (χ3v) is 2.61. The van der Waals surface area contributed by atoms with Crippen LogP contribution in [-0.2, 0) is 11.2 Å². The summed E-state index contributed by atoms with van der Waals surface area (Å²) in [4.78, 5) is 11.1. The van der Waals surface area contributed by atoms with Gasteiger partial charge in [0.05, 0.1) is 0 Å². The number of hydrogen-bond acceptors (Lipinski definition) is 2. The van der Waals surface area contributed by atoms with E-state index < -0.39 is 0 Å². The van der Waals surface area contributed by atoms with E-state index in [1.807, 2.05) is 55.5 Å². The van der Waals surface area contributed by atoms with Gasteiger partial charge in [0.2, 0.25) is 0 Å². The summed E-state index contributed by atoms with van der Waals surface area (Å²) in [5, 5.41) is 0. The number of carbonyl (C=O) groups is 1. The van der Waals surface area contributed by atoms with Crippen molar-refractivity contribution in [1.82, 2.24) is 0 Å². The van der Waals surface area contributed by atoms with Crippen molar-refractivity contribution in [3.63, 3.8) is 0 Å². The van der Waals surface area contributed by atoms with Crippen LogP contribution in [0.15, 0.2) is 48.5 Å². The van der Waals surface area contributed by atoms with Crippen molar-refractivity contribution >= 4 is 5.78 Å². The Morgan fingerprint density at radius 2 is 1.78 bits per heavy atom. The molecule has 0 aromatic heterocycles. The normalized spacial score (nSPS) is 10.1. The Labute approximate surface area is 107 Å². The maximum absolute atomic E-state index is 11.1. The zero-order valence-electron chi connectivity index (χ0n) is 10.6. The first kappa shape index (κ1) is 12.4. The van der Waals surface area contributed by atoms with Gasteiger partial charge < -0.3 is 4.74 Å². The van der Waals surface area contributed by atoms with Crippen molar-refractivity contribution in [2.75, 3.05) is 0 Å². The van der Waals surface area contributed by atoms with Crippen LogP contribution in [0.2, 0.25) is 0 Å². The summed E-state index contributed by atoms with van der Waals surface area (Å²) in [5.74, 6) is 1.72. The maximum Gasteiger partial charge on any atom is 0.134 e. The Bertz CT molecular complexity index is 541. The predicted molar refractivity (Wildman–Crippen MR) is 72.1 cm³/mol. The molecule has 18 heavy (non-hydrogen) atoms. The Kier molecular flexibility index (Phi) is 3.78. The highest BCUT2D eigenvalue weighted by Crippen LogP contribution is 2.22. The Morgan fingerprint density at radius 1 is 1.06 bits per heavy atom. The number of rotatable bonds is 4. The van der Waals surface area contributed by atoms with E-state index in [9.17, 15) is 4.79 Å². The largest absolute Gasteiger partial charge is 0.457 e. The van der Waals surface area contributed by atoms with E-state index >= 15 is 0 Å². The van der Waals surface area contributed by atoms with E-state index in [0.29, 0.717) is 6.42 Å². The summed E-state index contributed by atoms with van der Waals surface area (Å²) in [7, 11) is 0. The number of hydrogen-bond donors (Lipinski definition) is 0. The van der Waals surface area contributed by atoms with E-state index in [1.54, 1.807) is 6.92 Å². The molecule has 0 fully saturated rings. The molecule has 2 aromatic carbocycles. The van der Waals surface area contributed by atoms with Crippen LogP contribution in [0, 0.1) is 6.92 Å². The van der Waals surface area contributed by atoms with Gasteiger partial charge in [-0.25, -0.2) is 0 Å². The van der Waals surface area contributed by atoms with Crippen LogP contribution < -0.4 is 4.74 Å². The van der Waals surface area contributed by atoms with Crippen molar-refractivity contribution in [3.8, 4) is 11.5 Å². The number of carbonyl (C=O) groups excluding carboxylic acids is 1. The first-order chi connectivity index (χ1) is 8.63. The molecule has 0 unspecified atom stereocenters. The molecule has 2 rings (SSSR count). The zero-order chi connectivity index (χ0) is 13.0. The van der Waals surface area contributed by atoms with E-state index in [2.05, 4.69) is 0 Å². The lowest BCUT2D eigenvalue weighted by atomic mass is 10.1. The Balaban J connectivity index is 2.13. The molecule has 92 valence electrons. The highest BCUT2D eigenvalue weighted by molar-refractivity contribution is 5.78. The van der Waals surface area contributed by atoms with Gasteiger partial charge in [-0.15, -0.1) is 0 Å². The SMILES string of the molecule is CC(=O)Cc1cccc(Oc2ccc(C)cc2)c1. The lowest BCUT2D eigenvalue weighted by Gasteiger charge is -2.07. The molecule has 0 atom stereocenters. The van der Waals surface area contributed by atoms with E-state index in [-0.39, 0.29) is 5.78 Å². The second kappa shape index (κ2) is 5.50. The lowest BCUT2D eigenvalue weighted by molar-refractivity contribution is -0.116. The average Bonchev–Trinajstić information content (AvgIpc) is 2.32. The van der Waals surface area contributed by atoms with Gasteiger partial charge in [0.15, 0.2) is 0 Å². The smallest absolute Gasteiger partial charge is 0.134 e. The predicted octanol–water partition coefficient (Wildman–Crippen LogP) is 3.92. The lowest BCUT2D eigenvalue weighted by Crippen LogP contribution is -1.96. The minimum Gasteiger partial charge on any atom is -0.457 e. The number of Topliss-reactive ketones (excluding diaryl/α,β-unsaturated/α-hetero) is 1. The summed E-state index contributed by atoms with van der Waals surface area (Å²) >= 11 is 0. The Hall–Kier alpha value is -2.09. The molecule has 0 aliphatic rings. The first-order valence-corrected chi connectivity index (χ1v) is 5.96. The molecule has 0 bridgehead atoms. The highest BCUT2D eigenvalue weighted by atomic mass is 16.5. The van der Waals surface area contributed by atoms with Gasteiger partial charge in [0.25, 0.3) is 0 Å². The van der Waals surface area contributed by atoms with Crippen molar-refractivity contribution in [1.29, 1.82) is 0 Å². The van der Waals surface area contributed by atoms with E-state index in [0.717, 1.165) is 17.1 Å². The molecule has 2 nitrogen and oxygen atoms in total. The molecule has 2 heteroatoms. The quantitative estimate of drug-likeness (QED) is 0.809. The minimum absolute atomic E-state index is 0.155. The monoisotopic (exact) mass is 240 g/mol. The third kappa shape index (κ3) is 3.45. The molecule has 0 saturated heterocycles. The minimum atomic E-state index is 0.155. The zero-order valence-corrected chi connectivity index (χ0v) is 10.6. The molecule has 0 heterocycles. The van der Waals surface area contributed by atoms with Crippen LogP contribution in [0.1, 0.15) is 18.1 Å². The Morgan fingerprint density at radius 3 is 2.44 bits per heavy atom. The van der Waals surface area contributed by atoms with Crippen molar-refractivity contribution < 1.29 is 9.53 Å². The summed E-state index contributed by atoms with van der Waals surface area (Å²) < 4.78 is 5.74. The van der Waals surface area contributed by atoms with Gasteiger partial charge in [-0.1, -0.05) is 29.8 Å². The molecular weight excluding hydrogens is 224 g/mol. The fourth-order valence-corrected chi connectivity index (χ4v) is 1.75. The van der Waals surface area contributed by atoms with E-state index in [4.69, 9.17) is 4.74 Å². The van der Waals surface area contributed by atoms with E-state index in [1.165, 1.54) is 5.56 Å². The molecule has 0 spiro atoms. The third-order valence-electron chi connectivity index (χ3n) is 2.61. The fraction of sp³-hybridized carbons (Fsp3) is 0.188. The standard InChI is InChI=1S/C16H16O2/c1-12-6-8-15(9-7-12)18-16-5-3-4-14(11-16)10-13(2)17/h3-9,11H,10H2,1-2H3. The highest BCUT2D eigenvalue weighted by Gasteiger charge is 2.01. The van der Waals surface area contributed by atoms with Gasteiger partial charge in [-0.05, 0) is 43.7 Å². The molecular formula is C16H16O2. The van der Waals surface area contributed by atoms with Gasteiger partial charge in [0.1, 0.15) is 17.3 Å². The molecule has 0 amide bonds. The van der Waals surface area contributed by atoms with Crippen LogP contribution in [0.5, 0.6) is 11.5 Å². The van der Waals surface area contributed by atoms with Gasteiger partial charge >= 0.3 is 0 Å². The van der Waals surface area contributed by atoms with Gasteiger partial charge in [-0.3, -0.25) is 4.79 Å². The summed E-state index contributed by atoms with van der Waals surface area (Å²) in [5.41, 5.74) is 2.18. The first-order valence-electron chi connectivity index (χ1n) is 5.96. The number of aryl methyl sites for hydroxylation is 1. The number of ketones is 1. The molecule has 0 radical (unpaired) electrons. The summed E-state index contributed by atoms with van der Waals surface area (Å²) in [6.45, 7) is 3.63. The van der Waals surface area contributed by atoms with Gasteiger partial charge in [0, 0.05) is 6.42 Å². The summed E-state index contributed by atoms with van der Waals surface area (Å²) in [6.07, 6.45) is 0.450. The van der Waals surface area contributed by atoms with Crippen LogP contribution >= 0.6 is 0 Å². The topological polar surface area (TPSA) is 26.3 Å². The summed E-state index contributed by atoms with van der Waals surface area (Å²) in [6, 6.07) is 15.5. The fourth-order valence-electron chi connectivity index (χ4n) is 1.75. The average molecular weight is 240 g/mol. The van der Waals surface area contributed by atoms with Crippen LogP contribution in [-0.4, -0.2) is 5.78 Å². The molecule has 2 aromatic rings. The van der Waals surface area contributed by atoms with Crippen molar-refractivity contribution in [3.05, 3.63) is 59.7 Å². The second-order valence-electron chi connectivity index (χ2n) is 4.44. The number of ether oxygens (including phenoxy) is 1. The van der Waals surface area contributed by atoms with Crippen molar-refractivity contribution in [2.24, 2.45) is 0 Å². The molecule has 0 aliphatic carbocycles. The maximum atomic E-state index is 11.1. The molecule has 0 saturated carbocycles. The van der Waals surface area contributed by atoms with Gasteiger partial charge in [-0.2, -0.15) is 0 Å².